The van der Waals surface area contributed by atoms with Crippen molar-refractivity contribution in [2.24, 2.45) is 18.9 Å². The molecule has 2 saturated heterocycles. The molecule has 27 heavy (non-hydrogen) atoms. The Labute approximate surface area is 160 Å². The van der Waals surface area contributed by atoms with Gasteiger partial charge in [0.25, 0.3) is 10.0 Å². The molecule has 0 radical (unpaired) electrons. The fourth-order valence-corrected chi connectivity index (χ4v) is 5.44. The van der Waals surface area contributed by atoms with Crippen LogP contribution in [0.5, 0.6) is 0 Å². The number of aromatic nitrogens is 4. The molecule has 2 aromatic heterocycles. The van der Waals surface area contributed by atoms with Crippen LogP contribution in [0, 0.1) is 11.8 Å². The zero-order valence-corrected chi connectivity index (χ0v) is 17.0. The molecule has 4 rings (SSSR count). The zero-order valence-electron chi connectivity index (χ0n) is 16.2. The Morgan fingerprint density at radius 3 is 2.26 bits per heavy atom. The van der Waals surface area contributed by atoms with Gasteiger partial charge in [0.05, 0.1) is 12.0 Å². The average Bonchev–Trinajstić information content (AvgIpc) is 3.28. The fraction of sp³-hybridized carbons (Fsp3) is 0.611. The summed E-state index contributed by atoms with van der Waals surface area (Å²) in [6, 6.07) is 2.06. The van der Waals surface area contributed by atoms with E-state index in [9.17, 15) is 8.42 Å². The number of sulfonamides is 1. The Morgan fingerprint density at radius 2 is 1.70 bits per heavy atom. The SMILES string of the molecule is Cn1cnc(S(=O)(=O)N2CC3CN(c4cc(C(C)(C)C)ncn4)CC3C2)c1. The monoisotopic (exact) mass is 390 g/mol. The maximum absolute atomic E-state index is 12.8. The quantitative estimate of drug-likeness (QED) is 0.785. The molecule has 2 aliphatic rings. The Hall–Kier alpha value is -2.00. The molecule has 0 aromatic carbocycles. The number of rotatable bonds is 3. The molecule has 0 spiro atoms. The first-order chi connectivity index (χ1) is 12.6. The van der Waals surface area contributed by atoms with Crippen LogP contribution in [0.3, 0.4) is 0 Å². The van der Waals surface area contributed by atoms with E-state index in [2.05, 4.69) is 46.7 Å². The zero-order chi connectivity index (χ0) is 19.4. The molecule has 9 heteroatoms. The number of aryl methyl sites for hydroxylation is 1. The van der Waals surface area contributed by atoms with Crippen LogP contribution in [0.25, 0.3) is 0 Å². The number of anilines is 1. The number of imidazole rings is 1. The Morgan fingerprint density at radius 1 is 1.04 bits per heavy atom. The highest BCUT2D eigenvalue weighted by Gasteiger charge is 2.45. The molecule has 0 bridgehead atoms. The lowest BCUT2D eigenvalue weighted by Gasteiger charge is -2.23. The van der Waals surface area contributed by atoms with Crippen molar-refractivity contribution < 1.29 is 8.42 Å². The van der Waals surface area contributed by atoms with Crippen molar-refractivity contribution in [3.05, 3.63) is 30.6 Å². The van der Waals surface area contributed by atoms with E-state index in [1.54, 1.807) is 28.4 Å². The van der Waals surface area contributed by atoms with E-state index in [1.165, 1.54) is 6.33 Å². The fourth-order valence-electron chi connectivity index (χ4n) is 3.92. The molecule has 8 nitrogen and oxygen atoms in total. The molecule has 2 aromatic rings. The van der Waals surface area contributed by atoms with E-state index >= 15 is 0 Å². The molecule has 4 heterocycles. The largest absolute Gasteiger partial charge is 0.356 e. The molecule has 146 valence electrons. The maximum atomic E-state index is 12.8. The number of nitrogens with zero attached hydrogens (tertiary/aromatic N) is 6. The molecular formula is C18H26N6O2S. The van der Waals surface area contributed by atoms with Crippen molar-refractivity contribution in [2.45, 2.75) is 31.2 Å². The van der Waals surface area contributed by atoms with Gasteiger partial charge in [-0.25, -0.2) is 23.4 Å². The lowest BCUT2D eigenvalue weighted by Crippen LogP contribution is -2.33. The van der Waals surface area contributed by atoms with Crippen molar-refractivity contribution in [1.29, 1.82) is 0 Å². The van der Waals surface area contributed by atoms with Gasteiger partial charge in [0.2, 0.25) is 0 Å². The molecule has 0 saturated carbocycles. The third-order valence-corrected chi connectivity index (χ3v) is 7.20. The van der Waals surface area contributed by atoms with Crippen molar-refractivity contribution >= 4 is 15.8 Å². The molecular weight excluding hydrogens is 364 g/mol. The highest BCUT2D eigenvalue weighted by atomic mass is 32.2. The summed E-state index contributed by atoms with van der Waals surface area (Å²) in [6.45, 7) is 9.13. The van der Waals surface area contributed by atoms with Gasteiger partial charge in [0, 0.05) is 50.9 Å². The number of hydrogen-bond donors (Lipinski definition) is 0. The summed E-state index contributed by atoms with van der Waals surface area (Å²) >= 11 is 0. The number of hydrogen-bond acceptors (Lipinski definition) is 6. The van der Waals surface area contributed by atoms with Gasteiger partial charge >= 0.3 is 0 Å². The first-order valence-corrected chi connectivity index (χ1v) is 10.6. The van der Waals surface area contributed by atoms with Gasteiger partial charge in [0.15, 0.2) is 5.03 Å². The summed E-state index contributed by atoms with van der Waals surface area (Å²) in [7, 11) is -1.74. The summed E-state index contributed by atoms with van der Waals surface area (Å²) < 4.78 is 28.8. The summed E-state index contributed by atoms with van der Waals surface area (Å²) in [5.74, 6) is 1.57. The highest BCUT2D eigenvalue weighted by molar-refractivity contribution is 7.89. The molecule has 0 amide bonds. The van der Waals surface area contributed by atoms with Gasteiger partial charge in [-0.1, -0.05) is 20.8 Å². The molecule has 2 atom stereocenters. The molecule has 2 aliphatic heterocycles. The predicted molar refractivity (Wildman–Crippen MR) is 102 cm³/mol. The summed E-state index contributed by atoms with van der Waals surface area (Å²) in [4.78, 5) is 15.1. The third-order valence-electron chi connectivity index (χ3n) is 5.48. The van der Waals surface area contributed by atoms with E-state index < -0.39 is 10.0 Å². The summed E-state index contributed by atoms with van der Waals surface area (Å²) in [5, 5.41) is 0.132. The molecule has 2 unspecified atom stereocenters. The van der Waals surface area contributed by atoms with Crippen LogP contribution in [0.4, 0.5) is 5.82 Å². The first kappa shape index (κ1) is 18.4. The van der Waals surface area contributed by atoms with E-state index in [4.69, 9.17) is 0 Å². The lowest BCUT2D eigenvalue weighted by molar-refractivity contribution is 0.450. The van der Waals surface area contributed by atoms with Crippen LogP contribution in [-0.4, -0.2) is 58.4 Å². The second-order valence-corrected chi connectivity index (χ2v) is 10.5. The second-order valence-electron chi connectivity index (χ2n) is 8.64. The van der Waals surface area contributed by atoms with Crippen LogP contribution >= 0.6 is 0 Å². The van der Waals surface area contributed by atoms with Crippen molar-refractivity contribution in [3.63, 3.8) is 0 Å². The maximum Gasteiger partial charge on any atom is 0.262 e. The van der Waals surface area contributed by atoms with Crippen molar-refractivity contribution in [1.82, 2.24) is 23.8 Å². The van der Waals surface area contributed by atoms with Gasteiger partial charge in [-0.2, -0.15) is 4.31 Å². The van der Waals surface area contributed by atoms with Crippen LogP contribution < -0.4 is 4.90 Å². The van der Waals surface area contributed by atoms with Crippen LogP contribution in [-0.2, 0) is 22.5 Å². The Bertz CT molecular complexity index is 935. The Kier molecular flexibility index (Phi) is 4.27. The molecule has 2 fully saturated rings. The van der Waals surface area contributed by atoms with Crippen LogP contribution in [0.2, 0.25) is 0 Å². The molecule has 0 N–H and O–H groups in total. The van der Waals surface area contributed by atoms with Gasteiger partial charge in [0.1, 0.15) is 12.1 Å². The smallest absolute Gasteiger partial charge is 0.262 e. The first-order valence-electron chi connectivity index (χ1n) is 9.20. The van der Waals surface area contributed by atoms with E-state index in [-0.39, 0.29) is 10.4 Å². The van der Waals surface area contributed by atoms with E-state index in [0.717, 1.165) is 24.6 Å². The average molecular weight is 391 g/mol. The number of fused-ring (bicyclic) bond motifs is 1. The Balaban J connectivity index is 1.47. The normalized spacial score (nSPS) is 23.8. The third kappa shape index (κ3) is 3.34. The van der Waals surface area contributed by atoms with E-state index in [0.29, 0.717) is 24.9 Å². The predicted octanol–water partition coefficient (Wildman–Crippen LogP) is 1.26. The summed E-state index contributed by atoms with van der Waals surface area (Å²) in [5.41, 5.74) is 0.991. The van der Waals surface area contributed by atoms with E-state index in [1.807, 2.05) is 0 Å². The minimum absolute atomic E-state index is 0.0269. The second kappa shape index (κ2) is 6.27. The van der Waals surface area contributed by atoms with Crippen molar-refractivity contribution in [3.8, 4) is 0 Å². The molecule has 0 aliphatic carbocycles. The standard InChI is InChI=1S/C18H26N6O2S/c1-18(2,3)15-5-16(20-11-19-15)23-6-13-8-24(9-14(13)7-23)27(25,26)17-10-22(4)12-21-17/h5,10-14H,6-9H2,1-4H3. The summed E-state index contributed by atoms with van der Waals surface area (Å²) in [6.07, 6.45) is 4.71. The minimum atomic E-state index is -3.51. The van der Waals surface area contributed by atoms with Gasteiger partial charge in [-0.05, 0) is 11.8 Å². The van der Waals surface area contributed by atoms with Gasteiger partial charge < -0.3 is 9.47 Å². The van der Waals surface area contributed by atoms with Gasteiger partial charge in [-0.15, -0.1) is 0 Å². The van der Waals surface area contributed by atoms with Crippen LogP contribution in [0.15, 0.2) is 29.9 Å². The minimum Gasteiger partial charge on any atom is -0.356 e. The topological polar surface area (TPSA) is 84.2 Å². The van der Waals surface area contributed by atoms with Crippen LogP contribution in [0.1, 0.15) is 26.5 Å². The van der Waals surface area contributed by atoms with Crippen molar-refractivity contribution in [2.75, 3.05) is 31.1 Å². The van der Waals surface area contributed by atoms with Gasteiger partial charge in [-0.3, -0.25) is 0 Å². The highest BCUT2D eigenvalue weighted by Crippen LogP contribution is 2.36. The lowest BCUT2D eigenvalue weighted by atomic mass is 9.92.